The average molecular weight is 433 g/mol. The number of carboxylic acid groups (broad SMARTS) is 1. The first-order chi connectivity index (χ1) is 14.1. The molecule has 0 spiro atoms. The van der Waals surface area contributed by atoms with Gasteiger partial charge in [0.15, 0.2) is 11.5 Å². The summed E-state index contributed by atoms with van der Waals surface area (Å²) in [5.74, 6) is 0.788. The van der Waals surface area contributed by atoms with E-state index in [4.69, 9.17) is 14.2 Å². The van der Waals surface area contributed by atoms with Crippen LogP contribution in [0.15, 0.2) is 36.4 Å². The van der Waals surface area contributed by atoms with Crippen LogP contribution < -0.4 is 9.47 Å². The lowest BCUT2D eigenvalue weighted by atomic mass is 10.1. The molecule has 0 unspecified atom stereocenters. The zero-order valence-corrected chi connectivity index (χ0v) is 18.8. The highest BCUT2D eigenvalue weighted by atomic mass is 32.2. The second kappa shape index (κ2) is 10.4. The summed E-state index contributed by atoms with van der Waals surface area (Å²) in [7, 11) is 1.54. The number of methoxy groups -OCH3 is 1. The fraction of sp³-hybridized carbons (Fsp3) is 0.391. The maximum absolute atomic E-state index is 11.8. The molecule has 0 aliphatic carbocycles. The Balaban J connectivity index is 2.37. The molecule has 0 aromatic heterocycles. The Bertz CT molecular complexity index is 901. The average Bonchev–Trinajstić information content (AvgIpc) is 2.66. The summed E-state index contributed by atoms with van der Waals surface area (Å²) in [5.41, 5.74) is 1.71. The number of carboxylic acids is 1. The van der Waals surface area contributed by atoms with E-state index in [1.165, 1.54) is 13.2 Å². The molecule has 1 N–H and O–H groups in total. The van der Waals surface area contributed by atoms with Crippen LogP contribution >= 0.6 is 11.8 Å². The first-order valence-electron chi connectivity index (χ1n) is 9.63. The smallest absolute Gasteiger partial charge is 0.335 e. The molecule has 162 valence electrons. The van der Waals surface area contributed by atoms with E-state index in [9.17, 15) is 14.7 Å². The summed E-state index contributed by atoms with van der Waals surface area (Å²) >= 11 is 1.69. The van der Waals surface area contributed by atoms with Crippen molar-refractivity contribution >= 4 is 23.7 Å². The van der Waals surface area contributed by atoms with Crippen LogP contribution in [0.25, 0.3) is 0 Å². The quantitative estimate of drug-likeness (QED) is 0.537. The van der Waals surface area contributed by atoms with E-state index in [1.807, 2.05) is 0 Å². The maximum Gasteiger partial charge on any atom is 0.335 e. The molecule has 0 atom stereocenters. The van der Waals surface area contributed by atoms with Crippen molar-refractivity contribution in [3.63, 3.8) is 0 Å². The lowest BCUT2D eigenvalue weighted by molar-refractivity contribution is -0.142. The van der Waals surface area contributed by atoms with Crippen LogP contribution in [-0.4, -0.2) is 35.5 Å². The molecule has 0 heterocycles. The zero-order chi connectivity index (χ0) is 22.3. The van der Waals surface area contributed by atoms with E-state index >= 15 is 0 Å². The van der Waals surface area contributed by atoms with Gasteiger partial charge in [-0.05, 0) is 42.8 Å². The lowest BCUT2D eigenvalue weighted by Gasteiger charge is -2.20. The summed E-state index contributed by atoms with van der Waals surface area (Å²) in [5, 5.41) is 9.35. The number of thioether (sulfide) groups is 1. The number of benzene rings is 2. The maximum atomic E-state index is 11.8. The Hall–Kier alpha value is -2.67. The highest BCUT2D eigenvalue weighted by Crippen LogP contribution is 2.37. The van der Waals surface area contributed by atoms with Gasteiger partial charge in [0.05, 0.1) is 25.7 Å². The van der Waals surface area contributed by atoms with Gasteiger partial charge in [0.1, 0.15) is 5.75 Å². The standard InChI is InChI=1S/C23H28O6S/c1-6-28-21(24)12-15-7-9-19(27-5)20(11-15)29-18-10-8-16(22(25)26)13-17(18)14-30-23(2,3)4/h7-11,13H,6,12,14H2,1-5H3,(H,25,26). The van der Waals surface area contributed by atoms with E-state index < -0.39 is 5.97 Å². The van der Waals surface area contributed by atoms with Gasteiger partial charge < -0.3 is 19.3 Å². The number of carbonyl (C=O) groups excluding carboxylic acids is 1. The highest BCUT2D eigenvalue weighted by Gasteiger charge is 2.17. The van der Waals surface area contributed by atoms with Gasteiger partial charge in [0.2, 0.25) is 0 Å². The predicted molar refractivity (Wildman–Crippen MR) is 118 cm³/mol. The topological polar surface area (TPSA) is 82.1 Å². The van der Waals surface area contributed by atoms with Crippen molar-refractivity contribution in [3.8, 4) is 17.2 Å². The molecule has 0 saturated carbocycles. The molecule has 0 radical (unpaired) electrons. The molecular formula is C23H28O6S. The van der Waals surface area contributed by atoms with Crippen molar-refractivity contribution in [2.24, 2.45) is 0 Å². The van der Waals surface area contributed by atoms with Crippen molar-refractivity contribution in [1.82, 2.24) is 0 Å². The van der Waals surface area contributed by atoms with Crippen LogP contribution in [0, 0.1) is 0 Å². The summed E-state index contributed by atoms with van der Waals surface area (Å²) in [6, 6.07) is 10.1. The molecule has 30 heavy (non-hydrogen) atoms. The monoisotopic (exact) mass is 432 g/mol. The van der Waals surface area contributed by atoms with Crippen molar-refractivity contribution in [2.75, 3.05) is 13.7 Å². The molecular weight excluding hydrogens is 404 g/mol. The SMILES string of the molecule is CCOC(=O)Cc1ccc(OC)c(Oc2ccc(C(=O)O)cc2CSC(C)(C)C)c1. The first-order valence-corrected chi connectivity index (χ1v) is 10.6. The zero-order valence-electron chi connectivity index (χ0n) is 18.0. The van der Waals surface area contributed by atoms with Crippen molar-refractivity contribution in [3.05, 3.63) is 53.1 Å². The van der Waals surface area contributed by atoms with Gasteiger partial charge in [-0.1, -0.05) is 26.8 Å². The Morgan fingerprint density at radius 3 is 2.33 bits per heavy atom. The van der Waals surface area contributed by atoms with E-state index in [0.29, 0.717) is 29.6 Å². The number of aromatic carboxylic acids is 1. The van der Waals surface area contributed by atoms with Gasteiger partial charge in [-0.25, -0.2) is 4.79 Å². The highest BCUT2D eigenvalue weighted by molar-refractivity contribution is 7.99. The summed E-state index contributed by atoms with van der Waals surface area (Å²) in [4.78, 5) is 23.2. The molecule has 0 amide bonds. The molecule has 7 heteroatoms. The fourth-order valence-electron chi connectivity index (χ4n) is 2.63. The van der Waals surface area contributed by atoms with E-state index in [2.05, 4.69) is 20.8 Å². The second-order valence-electron chi connectivity index (χ2n) is 7.60. The number of carbonyl (C=O) groups is 2. The number of ether oxygens (including phenoxy) is 3. The van der Waals surface area contributed by atoms with Gasteiger partial charge >= 0.3 is 11.9 Å². The molecule has 0 aliphatic heterocycles. The third-order valence-corrected chi connectivity index (χ3v) is 5.39. The number of rotatable bonds is 9. The van der Waals surface area contributed by atoms with Crippen molar-refractivity contribution in [2.45, 2.75) is 44.6 Å². The summed E-state index contributed by atoms with van der Waals surface area (Å²) < 4.78 is 16.5. The first kappa shape index (κ1) is 23.6. The third-order valence-electron chi connectivity index (χ3n) is 4.07. The Kier molecular flexibility index (Phi) is 8.17. The van der Waals surface area contributed by atoms with Gasteiger partial charge in [-0.3, -0.25) is 4.79 Å². The van der Waals surface area contributed by atoms with E-state index in [-0.39, 0.29) is 22.7 Å². The predicted octanol–water partition coefficient (Wildman–Crippen LogP) is 5.32. The summed E-state index contributed by atoms with van der Waals surface area (Å²) in [6.45, 7) is 8.38. The van der Waals surface area contributed by atoms with Crippen LogP contribution in [-0.2, 0) is 21.7 Å². The van der Waals surface area contributed by atoms with Crippen LogP contribution in [0.5, 0.6) is 17.2 Å². The van der Waals surface area contributed by atoms with Crippen LogP contribution in [0.2, 0.25) is 0 Å². The van der Waals surface area contributed by atoms with Gasteiger partial charge in [0.25, 0.3) is 0 Å². The van der Waals surface area contributed by atoms with Crippen molar-refractivity contribution in [1.29, 1.82) is 0 Å². The number of hydrogen-bond donors (Lipinski definition) is 1. The Labute approximate surface area is 181 Å². The normalized spacial score (nSPS) is 11.1. The molecule has 0 saturated heterocycles. The molecule has 6 nitrogen and oxygen atoms in total. The van der Waals surface area contributed by atoms with E-state index in [0.717, 1.165) is 11.1 Å². The number of hydrogen-bond acceptors (Lipinski definition) is 6. The largest absolute Gasteiger partial charge is 0.493 e. The van der Waals surface area contributed by atoms with Gasteiger partial charge in [-0.2, -0.15) is 11.8 Å². The van der Waals surface area contributed by atoms with Crippen molar-refractivity contribution < 1.29 is 28.9 Å². The Morgan fingerprint density at radius 1 is 1.03 bits per heavy atom. The molecule has 2 aromatic carbocycles. The summed E-state index contributed by atoms with van der Waals surface area (Å²) in [6.07, 6.45) is 0.124. The van der Waals surface area contributed by atoms with Crippen LogP contribution in [0.1, 0.15) is 49.2 Å². The second-order valence-corrected chi connectivity index (χ2v) is 9.40. The minimum Gasteiger partial charge on any atom is -0.493 e. The lowest BCUT2D eigenvalue weighted by Crippen LogP contribution is -2.08. The third kappa shape index (κ3) is 6.99. The van der Waals surface area contributed by atoms with Crippen LogP contribution in [0.4, 0.5) is 0 Å². The molecule has 0 fully saturated rings. The molecule has 2 aromatic rings. The Morgan fingerprint density at radius 2 is 1.73 bits per heavy atom. The van der Waals surface area contributed by atoms with E-state index in [1.54, 1.807) is 49.0 Å². The number of esters is 1. The van der Waals surface area contributed by atoms with Gasteiger partial charge in [0, 0.05) is 16.1 Å². The minimum atomic E-state index is -0.988. The minimum absolute atomic E-state index is 0.00768. The molecule has 2 rings (SSSR count). The van der Waals surface area contributed by atoms with Gasteiger partial charge in [-0.15, -0.1) is 0 Å². The molecule has 0 aliphatic rings. The molecule has 0 bridgehead atoms. The fourth-order valence-corrected chi connectivity index (χ4v) is 3.44. The van der Waals surface area contributed by atoms with Crippen LogP contribution in [0.3, 0.4) is 0 Å².